The van der Waals surface area contributed by atoms with E-state index < -0.39 is 17.6 Å². The zero-order valence-electron chi connectivity index (χ0n) is 24.6. The number of fused-ring (bicyclic) bond motifs is 1. The van der Waals surface area contributed by atoms with Crippen molar-refractivity contribution in [2.45, 2.75) is 33.9 Å². The maximum absolute atomic E-state index is 14.1. The lowest BCUT2D eigenvalue weighted by atomic mass is 9.97. The molecule has 4 aromatic rings. The molecule has 1 atom stereocenters. The largest absolute Gasteiger partial charge is 0.441 e. The first kappa shape index (κ1) is 29.6. The summed E-state index contributed by atoms with van der Waals surface area (Å²) in [6, 6.07) is 12.7. The SMILES string of the molecule is CC(OC(=O)C(C)(C)C)n1cc(-c2ccnc(F)c2)c2cc(-c3cccc(N(C)C(=O)/C=C/CN(C)C)c3)cnc21. The predicted octanol–water partition coefficient (Wildman–Crippen LogP) is 6.09. The predicted molar refractivity (Wildman–Crippen MR) is 160 cm³/mol. The third kappa shape index (κ3) is 6.86. The standard InChI is InChI=1S/C32H36FN5O3/c1-21(41-31(40)32(2,3)4)38-20-27(23-13-14-34-28(33)18-23)26-17-24(19-35-30(26)38)22-10-8-11-25(16-22)37(7)29(39)12-9-15-36(5)6/h8-14,16-21H,15H2,1-7H3/b12-9+. The molecular formula is C32H36FN5O3. The molecule has 0 N–H and O–H groups in total. The summed E-state index contributed by atoms with van der Waals surface area (Å²) in [7, 11) is 5.62. The van der Waals surface area contributed by atoms with E-state index in [1.165, 1.54) is 12.3 Å². The zero-order valence-corrected chi connectivity index (χ0v) is 24.6. The molecule has 8 nitrogen and oxygen atoms in total. The van der Waals surface area contributed by atoms with Crippen LogP contribution in [0, 0.1) is 11.4 Å². The van der Waals surface area contributed by atoms with Crippen LogP contribution < -0.4 is 4.90 Å². The van der Waals surface area contributed by atoms with Gasteiger partial charge in [-0.1, -0.05) is 18.2 Å². The number of halogens is 1. The molecule has 0 saturated heterocycles. The van der Waals surface area contributed by atoms with Crippen molar-refractivity contribution in [1.29, 1.82) is 0 Å². The van der Waals surface area contributed by atoms with E-state index in [1.54, 1.807) is 62.5 Å². The summed E-state index contributed by atoms with van der Waals surface area (Å²) in [5.41, 5.74) is 3.68. The minimum Gasteiger partial charge on any atom is -0.441 e. The van der Waals surface area contributed by atoms with E-state index in [9.17, 15) is 14.0 Å². The number of benzene rings is 1. The lowest BCUT2D eigenvalue weighted by Gasteiger charge is -2.22. The summed E-state index contributed by atoms with van der Waals surface area (Å²) >= 11 is 0. The second kappa shape index (κ2) is 12.0. The number of hydrogen-bond donors (Lipinski definition) is 0. The van der Waals surface area contributed by atoms with Crippen LogP contribution in [0.4, 0.5) is 10.1 Å². The van der Waals surface area contributed by atoms with Crippen molar-refractivity contribution in [3.8, 4) is 22.3 Å². The summed E-state index contributed by atoms with van der Waals surface area (Å²) in [6.45, 7) is 7.84. The highest BCUT2D eigenvalue weighted by Gasteiger charge is 2.27. The van der Waals surface area contributed by atoms with Crippen molar-refractivity contribution in [2.24, 2.45) is 5.41 Å². The Morgan fingerprint density at radius 3 is 2.49 bits per heavy atom. The summed E-state index contributed by atoms with van der Waals surface area (Å²) in [5.74, 6) is -1.07. The molecule has 214 valence electrons. The van der Waals surface area contributed by atoms with Crippen LogP contribution in [0.3, 0.4) is 0 Å². The fourth-order valence-electron chi connectivity index (χ4n) is 4.25. The van der Waals surface area contributed by atoms with Crippen molar-refractivity contribution >= 4 is 28.6 Å². The molecule has 0 saturated carbocycles. The first-order valence-corrected chi connectivity index (χ1v) is 13.4. The van der Waals surface area contributed by atoms with Crippen LogP contribution in [0.2, 0.25) is 0 Å². The zero-order chi connectivity index (χ0) is 29.9. The monoisotopic (exact) mass is 557 g/mol. The number of carbonyl (C=O) groups is 2. The number of carbonyl (C=O) groups excluding carboxylic acids is 2. The topological polar surface area (TPSA) is 80.6 Å². The average molecular weight is 558 g/mol. The van der Waals surface area contributed by atoms with Gasteiger partial charge in [-0.05, 0) is 77.2 Å². The number of pyridine rings is 2. The first-order valence-electron chi connectivity index (χ1n) is 13.4. The van der Waals surface area contributed by atoms with Gasteiger partial charge in [0.2, 0.25) is 11.9 Å². The highest BCUT2D eigenvalue weighted by Crippen LogP contribution is 2.35. The second-order valence-electron chi connectivity index (χ2n) is 11.3. The van der Waals surface area contributed by atoms with Crippen LogP contribution in [0.5, 0.6) is 0 Å². The number of rotatable bonds is 8. The normalized spacial score (nSPS) is 12.7. The molecule has 1 aromatic carbocycles. The van der Waals surface area contributed by atoms with Gasteiger partial charge >= 0.3 is 5.97 Å². The van der Waals surface area contributed by atoms with E-state index in [0.29, 0.717) is 17.8 Å². The Morgan fingerprint density at radius 1 is 1.05 bits per heavy atom. The van der Waals surface area contributed by atoms with Crippen molar-refractivity contribution in [1.82, 2.24) is 19.4 Å². The molecule has 41 heavy (non-hydrogen) atoms. The maximum atomic E-state index is 14.1. The molecule has 0 aliphatic rings. The highest BCUT2D eigenvalue weighted by molar-refractivity contribution is 6.01. The van der Waals surface area contributed by atoms with Gasteiger partial charge in [0.15, 0.2) is 6.23 Å². The Hall–Kier alpha value is -4.37. The molecule has 3 aromatic heterocycles. The third-order valence-corrected chi connectivity index (χ3v) is 6.62. The van der Waals surface area contributed by atoms with Gasteiger partial charge < -0.3 is 14.5 Å². The lowest BCUT2D eigenvalue weighted by Crippen LogP contribution is -2.26. The quantitative estimate of drug-likeness (QED) is 0.148. The number of aromatic nitrogens is 3. The van der Waals surface area contributed by atoms with Crippen LogP contribution in [-0.4, -0.2) is 59.0 Å². The molecule has 0 aliphatic carbocycles. The van der Waals surface area contributed by atoms with Crippen molar-refractivity contribution in [3.05, 3.63) is 79.2 Å². The Kier molecular flexibility index (Phi) is 8.68. The molecule has 1 unspecified atom stereocenters. The first-order chi connectivity index (χ1) is 19.3. The molecule has 0 radical (unpaired) electrons. The van der Waals surface area contributed by atoms with Gasteiger partial charge in [0.25, 0.3) is 0 Å². The van der Waals surface area contributed by atoms with Crippen molar-refractivity contribution < 1.29 is 18.7 Å². The lowest BCUT2D eigenvalue weighted by molar-refractivity contribution is -0.162. The number of esters is 1. The number of nitrogens with zero attached hydrogens (tertiary/aromatic N) is 5. The third-order valence-electron chi connectivity index (χ3n) is 6.62. The maximum Gasteiger partial charge on any atom is 0.313 e. The smallest absolute Gasteiger partial charge is 0.313 e. The van der Waals surface area contributed by atoms with Gasteiger partial charge in [-0.3, -0.25) is 14.2 Å². The molecule has 9 heteroatoms. The van der Waals surface area contributed by atoms with E-state index in [2.05, 4.69) is 4.98 Å². The molecule has 4 rings (SSSR count). The molecule has 0 fully saturated rings. The van der Waals surface area contributed by atoms with Gasteiger partial charge in [0.05, 0.1) is 5.41 Å². The molecule has 0 aliphatic heterocycles. The Balaban J connectivity index is 1.76. The van der Waals surface area contributed by atoms with Crippen LogP contribution in [0.15, 0.2) is 73.2 Å². The van der Waals surface area contributed by atoms with Gasteiger partial charge in [-0.15, -0.1) is 0 Å². The molecule has 0 spiro atoms. The number of hydrogen-bond acceptors (Lipinski definition) is 6. The Bertz CT molecular complexity index is 1600. The van der Waals surface area contributed by atoms with Crippen LogP contribution in [0.25, 0.3) is 33.3 Å². The van der Waals surface area contributed by atoms with Crippen LogP contribution in [-0.2, 0) is 14.3 Å². The van der Waals surface area contributed by atoms with Crippen LogP contribution >= 0.6 is 0 Å². The van der Waals surface area contributed by atoms with Gasteiger partial charge in [0.1, 0.15) is 5.65 Å². The summed E-state index contributed by atoms with van der Waals surface area (Å²) in [5, 5.41) is 0.758. The average Bonchev–Trinajstić information content (AvgIpc) is 3.31. The van der Waals surface area contributed by atoms with Gasteiger partial charge in [-0.2, -0.15) is 4.39 Å². The Morgan fingerprint density at radius 2 is 1.80 bits per heavy atom. The van der Waals surface area contributed by atoms with Gasteiger partial charge in [-0.25, -0.2) is 9.97 Å². The van der Waals surface area contributed by atoms with Crippen LogP contribution in [0.1, 0.15) is 33.9 Å². The minimum atomic E-state index is -0.670. The molecule has 0 bridgehead atoms. The van der Waals surface area contributed by atoms with E-state index in [0.717, 1.165) is 27.8 Å². The second-order valence-corrected chi connectivity index (χ2v) is 11.3. The summed E-state index contributed by atoms with van der Waals surface area (Å²) in [6.07, 6.45) is 7.72. The van der Waals surface area contributed by atoms with E-state index in [4.69, 9.17) is 9.72 Å². The van der Waals surface area contributed by atoms with E-state index in [-0.39, 0.29) is 11.9 Å². The molecule has 3 heterocycles. The number of likely N-dealkylation sites (N-methyl/N-ethyl adjacent to an activating group) is 2. The van der Waals surface area contributed by atoms with Crippen molar-refractivity contribution in [3.63, 3.8) is 0 Å². The fourth-order valence-corrected chi connectivity index (χ4v) is 4.25. The van der Waals surface area contributed by atoms with Crippen molar-refractivity contribution in [2.75, 3.05) is 32.6 Å². The summed E-state index contributed by atoms with van der Waals surface area (Å²) < 4.78 is 21.7. The summed E-state index contributed by atoms with van der Waals surface area (Å²) in [4.78, 5) is 37.3. The molecular weight excluding hydrogens is 521 g/mol. The van der Waals surface area contributed by atoms with E-state index >= 15 is 0 Å². The molecule has 1 amide bonds. The Labute approximate surface area is 240 Å². The van der Waals surface area contributed by atoms with E-state index in [1.807, 2.05) is 61.6 Å². The number of ether oxygens (including phenoxy) is 1. The number of amides is 1. The number of anilines is 1. The highest BCUT2D eigenvalue weighted by atomic mass is 19.1. The van der Waals surface area contributed by atoms with Gasteiger partial charge in [0, 0.05) is 66.5 Å². The fraction of sp³-hybridized carbons (Fsp3) is 0.312. The minimum absolute atomic E-state index is 0.129.